The van der Waals surface area contributed by atoms with E-state index in [2.05, 4.69) is 22.3 Å². The molecule has 0 saturated carbocycles. The molecule has 0 aliphatic heterocycles. The van der Waals surface area contributed by atoms with Gasteiger partial charge in [-0.25, -0.2) is 5.84 Å². The summed E-state index contributed by atoms with van der Waals surface area (Å²) < 4.78 is 0. The topological polar surface area (TPSA) is 66.5 Å². The van der Waals surface area contributed by atoms with Gasteiger partial charge in [0.2, 0.25) is 5.96 Å². The SMILES string of the molecule is CCCN=C(NN)N(C)Cc1cccc(C)n1. The summed E-state index contributed by atoms with van der Waals surface area (Å²) in [5.74, 6) is 6.15. The highest BCUT2D eigenvalue weighted by Gasteiger charge is 2.06. The maximum atomic E-state index is 5.46. The zero-order chi connectivity index (χ0) is 12.7. The lowest BCUT2D eigenvalue weighted by Crippen LogP contribution is -2.42. The van der Waals surface area contributed by atoms with E-state index in [0.717, 1.165) is 24.4 Å². The molecule has 5 heteroatoms. The number of hydrogen-bond donors (Lipinski definition) is 2. The monoisotopic (exact) mass is 235 g/mol. The molecule has 0 spiro atoms. The fraction of sp³-hybridized carbons (Fsp3) is 0.500. The highest BCUT2D eigenvalue weighted by molar-refractivity contribution is 5.79. The van der Waals surface area contributed by atoms with Crippen LogP contribution in [0.1, 0.15) is 24.7 Å². The largest absolute Gasteiger partial charge is 0.339 e. The van der Waals surface area contributed by atoms with Gasteiger partial charge in [-0.15, -0.1) is 0 Å². The summed E-state index contributed by atoms with van der Waals surface area (Å²) in [5, 5.41) is 0. The zero-order valence-electron chi connectivity index (χ0n) is 10.8. The van der Waals surface area contributed by atoms with Gasteiger partial charge in [-0.05, 0) is 25.5 Å². The predicted octanol–water partition coefficient (Wildman–Crippen LogP) is 1.05. The van der Waals surface area contributed by atoms with Crippen molar-refractivity contribution in [1.82, 2.24) is 15.3 Å². The van der Waals surface area contributed by atoms with Gasteiger partial charge < -0.3 is 4.90 Å². The number of nitrogens with one attached hydrogen (secondary N) is 1. The van der Waals surface area contributed by atoms with Crippen LogP contribution >= 0.6 is 0 Å². The number of nitrogens with two attached hydrogens (primary N) is 1. The maximum Gasteiger partial charge on any atom is 0.208 e. The molecular formula is C12H21N5. The van der Waals surface area contributed by atoms with Crippen molar-refractivity contribution < 1.29 is 0 Å². The van der Waals surface area contributed by atoms with E-state index in [1.54, 1.807) is 0 Å². The first-order valence-electron chi connectivity index (χ1n) is 5.82. The molecule has 1 aromatic rings. The Kier molecular flexibility index (Phi) is 5.42. The minimum absolute atomic E-state index is 0.689. The van der Waals surface area contributed by atoms with Crippen molar-refractivity contribution in [2.45, 2.75) is 26.8 Å². The lowest BCUT2D eigenvalue weighted by Gasteiger charge is -2.20. The molecule has 1 rings (SSSR count). The van der Waals surface area contributed by atoms with Crippen LogP contribution in [0, 0.1) is 6.92 Å². The smallest absolute Gasteiger partial charge is 0.208 e. The van der Waals surface area contributed by atoms with E-state index < -0.39 is 0 Å². The van der Waals surface area contributed by atoms with Crippen molar-refractivity contribution >= 4 is 5.96 Å². The summed E-state index contributed by atoms with van der Waals surface area (Å²) in [5.41, 5.74) is 4.64. The Morgan fingerprint density at radius 2 is 2.29 bits per heavy atom. The summed E-state index contributed by atoms with van der Waals surface area (Å²) in [7, 11) is 1.94. The molecule has 0 bridgehead atoms. The van der Waals surface area contributed by atoms with Crippen molar-refractivity contribution in [2.24, 2.45) is 10.8 Å². The van der Waals surface area contributed by atoms with E-state index in [4.69, 9.17) is 5.84 Å². The first-order valence-corrected chi connectivity index (χ1v) is 5.82. The summed E-state index contributed by atoms with van der Waals surface area (Å²) in [6, 6.07) is 5.98. The molecule has 5 nitrogen and oxygen atoms in total. The second kappa shape index (κ2) is 6.85. The van der Waals surface area contributed by atoms with Crippen molar-refractivity contribution in [3.8, 4) is 0 Å². The zero-order valence-corrected chi connectivity index (χ0v) is 10.8. The molecule has 1 aromatic heterocycles. The fourth-order valence-corrected chi connectivity index (χ4v) is 1.50. The fourth-order valence-electron chi connectivity index (χ4n) is 1.50. The summed E-state index contributed by atoms with van der Waals surface area (Å²) >= 11 is 0. The molecule has 0 aliphatic carbocycles. The molecule has 0 unspecified atom stereocenters. The number of rotatable bonds is 4. The third-order valence-electron chi connectivity index (χ3n) is 2.32. The second-order valence-electron chi connectivity index (χ2n) is 3.98. The predicted molar refractivity (Wildman–Crippen MR) is 70.4 cm³/mol. The second-order valence-corrected chi connectivity index (χ2v) is 3.98. The van der Waals surface area contributed by atoms with Crippen LogP contribution in [0.2, 0.25) is 0 Å². The van der Waals surface area contributed by atoms with E-state index in [1.807, 2.05) is 37.1 Å². The average molecular weight is 235 g/mol. The Labute approximate surface area is 103 Å². The number of hydrogen-bond acceptors (Lipinski definition) is 3. The van der Waals surface area contributed by atoms with Gasteiger partial charge in [0.1, 0.15) is 0 Å². The highest BCUT2D eigenvalue weighted by Crippen LogP contribution is 2.02. The summed E-state index contributed by atoms with van der Waals surface area (Å²) in [6.45, 7) is 5.52. The first kappa shape index (κ1) is 13.4. The molecule has 0 radical (unpaired) electrons. The van der Waals surface area contributed by atoms with E-state index in [0.29, 0.717) is 12.5 Å². The van der Waals surface area contributed by atoms with Gasteiger partial charge in [0.05, 0.1) is 12.2 Å². The van der Waals surface area contributed by atoms with Crippen LogP contribution in [-0.2, 0) is 6.54 Å². The Morgan fingerprint density at radius 1 is 1.53 bits per heavy atom. The van der Waals surface area contributed by atoms with E-state index in [-0.39, 0.29) is 0 Å². The number of guanidine groups is 1. The van der Waals surface area contributed by atoms with Crippen LogP contribution in [0.5, 0.6) is 0 Å². The summed E-state index contributed by atoms with van der Waals surface area (Å²) in [6.07, 6.45) is 1.00. The van der Waals surface area contributed by atoms with Gasteiger partial charge in [-0.3, -0.25) is 15.4 Å². The standard InChI is InChI=1S/C12H21N5/c1-4-8-14-12(16-13)17(3)9-11-7-5-6-10(2)15-11/h5-7H,4,8-9,13H2,1-3H3,(H,14,16). The lowest BCUT2D eigenvalue weighted by molar-refractivity contribution is 0.469. The normalized spacial score (nSPS) is 11.4. The Bertz CT molecular complexity index is 375. The molecule has 0 aliphatic rings. The van der Waals surface area contributed by atoms with Gasteiger partial charge in [0.15, 0.2) is 0 Å². The van der Waals surface area contributed by atoms with Gasteiger partial charge in [-0.2, -0.15) is 0 Å². The number of pyridine rings is 1. The van der Waals surface area contributed by atoms with E-state index in [9.17, 15) is 0 Å². The molecule has 0 atom stereocenters. The minimum Gasteiger partial charge on any atom is -0.339 e. The Hall–Kier alpha value is -1.62. The number of aryl methyl sites for hydroxylation is 1. The third-order valence-corrected chi connectivity index (χ3v) is 2.32. The van der Waals surface area contributed by atoms with Gasteiger partial charge >= 0.3 is 0 Å². The van der Waals surface area contributed by atoms with Crippen molar-refractivity contribution in [3.05, 3.63) is 29.6 Å². The molecule has 0 amide bonds. The van der Waals surface area contributed by atoms with Crippen molar-refractivity contribution in [2.75, 3.05) is 13.6 Å². The third kappa shape index (κ3) is 4.40. The van der Waals surface area contributed by atoms with Crippen LogP contribution in [0.25, 0.3) is 0 Å². The summed E-state index contributed by atoms with van der Waals surface area (Å²) in [4.78, 5) is 10.8. The Balaban J connectivity index is 2.67. The maximum absolute atomic E-state index is 5.46. The van der Waals surface area contributed by atoms with E-state index in [1.165, 1.54) is 0 Å². The number of aliphatic imine (C=N–C) groups is 1. The van der Waals surface area contributed by atoms with Gasteiger partial charge in [0.25, 0.3) is 0 Å². The molecule has 94 valence electrons. The highest BCUT2D eigenvalue weighted by atomic mass is 15.4. The van der Waals surface area contributed by atoms with Crippen molar-refractivity contribution in [1.29, 1.82) is 0 Å². The minimum atomic E-state index is 0.689. The number of aromatic nitrogens is 1. The van der Waals surface area contributed by atoms with E-state index >= 15 is 0 Å². The van der Waals surface area contributed by atoms with Crippen LogP contribution in [0.4, 0.5) is 0 Å². The molecule has 0 aromatic carbocycles. The first-order chi connectivity index (χ1) is 8.17. The van der Waals surface area contributed by atoms with Crippen molar-refractivity contribution in [3.63, 3.8) is 0 Å². The quantitative estimate of drug-likeness (QED) is 0.354. The lowest BCUT2D eigenvalue weighted by atomic mass is 10.3. The number of hydrazine groups is 1. The molecule has 0 saturated heterocycles. The molecule has 17 heavy (non-hydrogen) atoms. The van der Waals surface area contributed by atoms with Crippen LogP contribution < -0.4 is 11.3 Å². The molecule has 0 fully saturated rings. The average Bonchev–Trinajstić information content (AvgIpc) is 2.30. The number of nitrogens with zero attached hydrogens (tertiary/aromatic N) is 3. The van der Waals surface area contributed by atoms with Gasteiger partial charge in [0, 0.05) is 19.3 Å². The Morgan fingerprint density at radius 3 is 2.88 bits per heavy atom. The van der Waals surface area contributed by atoms with Crippen LogP contribution in [-0.4, -0.2) is 29.4 Å². The molecule has 3 N–H and O–H groups in total. The van der Waals surface area contributed by atoms with Crippen LogP contribution in [0.15, 0.2) is 23.2 Å². The molecule has 1 heterocycles. The molecular weight excluding hydrogens is 214 g/mol. The van der Waals surface area contributed by atoms with Gasteiger partial charge in [-0.1, -0.05) is 13.0 Å². The van der Waals surface area contributed by atoms with Crippen LogP contribution in [0.3, 0.4) is 0 Å².